The van der Waals surface area contributed by atoms with Crippen molar-refractivity contribution >= 4 is 23.4 Å². The molecule has 4 N–H and O–H groups in total. The molecule has 0 spiro atoms. The van der Waals surface area contributed by atoms with Gasteiger partial charge in [-0.25, -0.2) is 4.79 Å². The number of rotatable bonds is 11. The molecule has 0 bridgehead atoms. The average Bonchev–Trinajstić information content (AvgIpc) is 2.78. The molecule has 2 amide bonds. The van der Waals surface area contributed by atoms with Crippen LogP contribution in [0.3, 0.4) is 0 Å². The molecule has 0 atom stereocenters. The molecule has 0 saturated carbocycles. The number of benzene rings is 2. The Kier molecular flexibility index (Phi) is 9.44. The molecule has 0 unspecified atom stereocenters. The van der Waals surface area contributed by atoms with Gasteiger partial charge in [-0.2, -0.15) is 0 Å². The van der Waals surface area contributed by atoms with E-state index in [1.165, 1.54) is 6.07 Å². The summed E-state index contributed by atoms with van der Waals surface area (Å²) in [7, 11) is 1.55. The van der Waals surface area contributed by atoms with Crippen molar-refractivity contribution in [3.05, 3.63) is 69.8 Å². The van der Waals surface area contributed by atoms with Crippen molar-refractivity contribution in [2.45, 2.75) is 32.9 Å². The van der Waals surface area contributed by atoms with Crippen LogP contribution in [0.25, 0.3) is 0 Å². The number of carbonyl (C=O) groups excluding carboxylic acids is 2. The third-order valence-electron chi connectivity index (χ3n) is 4.47. The molecule has 0 radical (unpaired) electrons. The molecule has 2 rings (SSSR count). The number of nitrogens with two attached hydrogens (primary N) is 1. The number of hydrogen-bond donors (Lipinski definition) is 3. The number of methoxy groups -OCH3 is 1. The number of alkyl carbamates (subject to hydrolysis) is 1. The van der Waals surface area contributed by atoms with Gasteiger partial charge in [-0.15, -0.1) is 0 Å². The highest BCUT2D eigenvalue weighted by Crippen LogP contribution is 2.36. The van der Waals surface area contributed by atoms with E-state index in [0.717, 1.165) is 11.6 Å². The van der Waals surface area contributed by atoms with Crippen molar-refractivity contribution in [2.75, 3.05) is 25.6 Å². The SMILES string of the molecule is COc1ccc(COc2cc(C(N)=O)cc([N+](=O)[O-])c2NC/C=C/COC(=O)NC(C)(C)C)cc1. The van der Waals surface area contributed by atoms with Gasteiger partial charge in [0.05, 0.1) is 12.0 Å². The topological polar surface area (TPSA) is 155 Å². The molecule has 0 aliphatic carbocycles. The second kappa shape index (κ2) is 12.3. The number of carbonyl (C=O) groups is 2. The Hall–Kier alpha value is -4.28. The summed E-state index contributed by atoms with van der Waals surface area (Å²) in [6.07, 6.45) is 2.68. The molecule has 0 aromatic heterocycles. The zero-order chi connectivity index (χ0) is 26.0. The highest BCUT2D eigenvalue weighted by molar-refractivity contribution is 5.95. The number of ether oxygens (including phenoxy) is 3. The summed E-state index contributed by atoms with van der Waals surface area (Å²) in [5.74, 6) is -0.0494. The highest BCUT2D eigenvalue weighted by Gasteiger charge is 2.22. The van der Waals surface area contributed by atoms with Crippen molar-refractivity contribution in [1.82, 2.24) is 5.32 Å². The lowest BCUT2D eigenvalue weighted by molar-refractivity contribution is -0.384. The smallest absolute Gasteiger partial charge is 0.407 e. The Bertz CT molecular complexity index is 1080. The van der Waals surface area contributed by atoms with Crippen LogP contribution < -0.4 is 25.8 Å². The van der Waals surface area contributed by atoms with Crippen molar-refractivity contribution in [3.63, 3.8) is 0 Å². The molecule has 0 fully saturated rings. The predicted octanol–water partition coefficient (Wildman–Crippen LogP) is 3.77. The van der Waals surface area contributed by atoms with E-state index >= 15 is 0 Å². The van der Waals surface area contributed by atoms with Gasteiger partial charge < -0.3 is 30.6 Å². The van der Waals surface area contributed by atoms with Crippen LogP contribution in [-0.4, -0.2) is 42.7 Å². The average molecular weight is 487 g/mol. The van der Waals surface area contributed by atoms with Gasteiger partial charge in [0.2, 0.25) is 5.91 Å². The number of nitrogens with one attached hydrogen (secondary N) is 2. The Morgan fingerprint density at radius 3 is 2.40 bits per heavy atom. The fourth-order valence-electron chi connectivity index (χ4n) is 2.84. The molecule has 188 valence electrons. The maximum Gasteiger partial charge on any atom is 0.407 e. The van der Waals surface area contributed by atoms with Crippen LogP contribution in [0.5, 0.6) is 11.5 Å². The normalized spacial score (nSPS) is 11.1. The van der Waals surface area contributed by atoms with Crippen LogP contribution in [-0.2, 0) is 11.3 Å². The highest BCUT2D eigenvalue weighted by atomic mass is 16.6. The first-order chi connectivity index (χ1) is 16.5. The standard InChI is InChI=1S/C24H30N4O7/c1-24(2,3)27-23(30)34-12-6-5-11-26-21-19(28(31)32)13-17(22(25)29)14-20(21)35-15-16-7-9-18(33-4)10-8-16/h5-10,13-14,26H,11-12,15H2,1-4H3,(H2,25,29)(H,27,30)/b6-5+. The van der Waals surface area contributed by atoms with Crippen LogP contribution in [0.2, 0.25) is 0 Å². The van der Waals surface area contributed by atoms with Crippen molar-refractivity contribution < 1.29 is 28.7 Å². The first kappa shape index (κ1) is 27.0. The Morgan fingerprint density at radius 2 is 1.83 bits per heavy atom. The van der Waals surface area contributed by atoms with E-state index in [1.807, 2.05) is 20.8 Å². The van der Waals surface area contributed by atoms with Gasteiger partial charge in [-0.05, 0) is 50.6 Å². The largest absolute Gasteiger partial charge is 0.497 e. The van der Waals surface area contributed by atoms with Gasteiger partial charge >= 0.3 is 6.09 Å². The monoisotopic (exact) mass is 486 g/mol. The molecule has 0 heterocycles. The van der Waals surface area contributed by atoms with E-state index in [0.29, 0.717) is 5.75 Å². The lowest BCUT2D eigenvalue weighted by Crippen LogP contribution is -2.40. The van der Waals surface area contributed by atoms with Crippen molar-refractivity contribution in [1.29, 1.82) is 0 Å². The van der Waals surface area contributed by atoms with E-state index in [4.69, 9.17) is 19.9 Å². The minimum Gasteiger partial charge on any atom is -0.497 e. The van der Waals surface area contributed by atoms with Crippen LogP contribution in [0.4, 0.5) is 16.2 Å². The van der Waals surface area contributed by atoms with Crippen LogP contribution >= 0.6 is 0 Å². The molecule has 35 heavy (non-hydrogen) atoms. The molecule has 0 saturated heterocycles. The zero-order valence-corrected chi connectivity index (χ0v) is 20.1. The number of nitro benzene ring substituents is 1. The minimum atomic E-state index is -0.820. The van der Waals surface area contributed by atoms with Crippen LogP contribution in [0.15, 0.2) is 48.6 Å². The molecular weight excluding hydrogens is 456 g/mol. The second-order valence-corrected chi connectivity index (χ2v) is 8.45. The second-order valence-electron chi connectivity index (χ2n) is 8.45. The maximum absolute atomic E-state index is 11.7. The molecule has 11 heteroatoms. The lowest BCUT2D eigenvalue weighted by atomic mass is 10.1. The fraction of sp³-hybridized carbons (Fsp3) is 0.333. The van der Waals surface area contributed by atoms with Crippen molar-refractivity contribution in [3.8, 4) is 11.5 Å². The van der Waals surface area contributed by atoms with Crippen LogP contribution in [0, 0.1) is 10.1 Å². The number of nitrogens with zero attached hydrogens (tertiary/aromatic N) is 1. The number of primary amides is 1. The lowest BCUT2D eigenvalue weighted by Gasteiger charge is -2.19. The molecule has 0 aliphatic heterocycles. The fourth-order valence-corrected chi connectivity index (χ4v) is 2.84. The van der Waals surface area contributed by atoms with Gasteiger partial charge in [0.15, 0.2) is 11.4 Å². The summed E-state index contributed by atoms with van der Waals surface area (Å²) in [4.78, 5) is 34.4. The summed E-state index contributed by atoms with van der Waals surface area (Å²) in [6, 6.07) is 9.54. The number of amides is 2. The van der Waals surface area contributed by atoms with Gasteiger partial charge in [0, 0.05) is 23.7 Å². The van der Waals surface area contributed by atoms with Gasteiger partial charge in [-0.3, -0.25) is 14.9 Å². The quantitative estimate of drug-likeness (QED) is 0.246. The summed E-state index contributed by atoms with van der Waals surface area (Å²) in [5.41, 5.74) is 5.39. The van der Waals surface area contributed by atoms with Gasteiger partial charge in [0.25, 0.3) is 5.69 Å². The third-order valence-corrected chi connectivity index (χ3v) is 4.47. The van der Waals surface area contributed by atoms with E-state index in [2.05, 4.69) is 10.6 Å². The summed E-state index contributed by atoms with van der Waals surface area (Å²) in [5, 5.41) is 17.3. The first-order valence-corrected chi connectivity index (χ1v) is 10.7. The minimum absolute atomic E-state index is 0.0210. The van der Waals surface area contributed by atoms with E-state index in [9.17, 15) is 19.7 Å². The third kappa shape index (κ3) is 8.88. The number of hydrogen-bond acceptors (Lipinski definition) is 8. The molecule has 2 aromatic rings. The zero-order valence-electron chi connectivity index (χ0n) is 20.1. The van der Waals surface area contributed by atoms with E-state index < -0.39 is 22.5 Å². The molecule has 0 aliphatic rings. The Balaban J connectivity index is 2.14. The summed E-state index contributed by atoms with van der Waals surface area (Å²) in [6.45, 7) is 5.77. The number of nitro groups is 1. The van der Waals surface area contributed by atoms with Gasteiger partial charge in [0.1, 0.15) is 19.0 Å². The summed E-state index contributed by atoms with van der Waals surface area (Å²) >= 11 is 0. The molecule has 11 nitrogen and oxygen atoms in total. The van der Waals surface area contributed by atoms with E-state index in [-0.39, 0.29) is 42.4 Å². The first-order valence-electron chi connectivity index (χ1n) is 10.7. The number of anilines is 1. The van der Waals surface area contributed by atoms with Gasteiger partial charge in [-0.1, -0.05) is 18.2 Å². The van der Waals surface area contributed by atoms with Crippen LogP contribution in [0.1, 0.15) is 36.7 Å². The predicted molar refractivity (Wildman–Crippen MR) is 131 cm³/mol. The maximum atomic E-state index is 11.7. The van der Waals surface area contributed by atoms with E-state index in [1.54, 1.807) is 43.5 Å². The summed E-state index contributed by atoms with van der Waals surface area (Å²) < 4.78 is 16.0. The molecular formula is C24H30N4O7. The Morgan fingerprint density at radius 1 is 1.14 bits per heavy atom. The van der Waals surface area contributed by atoms with Crippen molar-refractivity contribution in [2.24, 2.45) is 5.73 Å². The molecule has 2 aromatic carbocycles. The Labute approximate surface area is 203 Å².